The second-order valence-corrected chi connectivity index (χ2v) is 5.82. The standard InChI is InChI=1S/C14H19N3O3/c1-16-8-10(7-15-16)13(18)17-11-5-3-2-4-9(11)6-12(17)14(19)20/h7-9,11-12H,2-6H2,1H3,(H,19,20)/t9-,11+,12+/m1/s1. The number of carboxylic acid groups (broad SMARTS) is 1. The molecule has 1 saturated carbocycles. The van der Waals surface area contributed by atoms with Gasteiger partial charge in [0.1, 0.15) is 6.04 Å². The van der Waals surface area contributed by atoms with Gasteiger partial charge in [-0.1, -0.05) is 12.8 Å². The minimum Gasteiger partial charge on any atom is -0.480 e. The molecule has 2 heterocycles. The van der Waals surface area contributed by atoms with E-state index in [1.807, 2.05) is 0 Å². The van der Waals surface area contributed by atoms with Crippen LogP contribution in [0.3, 0.4) is 0 Å². The normalized spacial score (nSPS) is 29.2. The number of rotatable bonds is 2. The van der Waals surface area contributed by atoms with Crippen molar-refractivity contribution in [2.24, 2.45) is 13.0 Å². The zero-order valence-corrected chi connectivity index (χ0v) is 11.5. The van der Waals surface area contributed by atoms with Gasteiger partial charge in [0.25, 0.3) is 5.91 Å². The first-order chi connectivity index (χ1) is 9.58. The molecule has 1 N–H and O–H groups in total. The van der Waals surface area contributed by atoms with Gasteiger partial charge >= 0.3 is 5.97 Å². The Hall–Kier alpha value is -1.85. The molecule has 0 radical (unpaired) electrons. The van der Waals surface area contributed by atoms with E-state index in [0.717, 1.165) is 25.7 Å². The first-order valence-electron chi connectivity index (χ1n) is 7.12. The summed E-state index contributed by atoms with van der Waals surface area (Å²) in [6, 6.07) is -0.603. The van der Waals surface area contributed by atoms with E-state index in [0.29, 0.717) is 17.9 Å². The fourth-order valence-electron chi connectivity index (χ4n) is 3.65. The zero-order chi connectivity index (χ0) is 14.3. The molecule has 2 aliphatic rings. The van der Waals surface area contributed by atoms with Gasteiger partial charge in [-0.25, -0.2) is 4.79 Å². The number of amides is 1. The van der Waals surface area contributed by atoms with Crippen molar-refractivity contribution in [2.75, 3.05) is 0 Å². The first-order valence-corrected chi connectivity index (χ1v) is 7.12. The zero-order valence-electron chi connectivity index (χ0n) is 11.5. The summed E-state index contributed by atoms with van der Waals surface area (Å²) in [6.45, 7) is 0. The van der Waals surface area contributed by atoms with Crippen LogP contribution in [0.15, 0.2) is 12.4 Å². The van der Waals surface area contributed by atoms with Crippen LogP contribution in [0, 0.1) is 5.92 Å². The number of hydrogen-bond donors (Lipinski definition) is 1. The average Bonchev–Trinajstić information content (AvgIpc) is 3.01. The van der Waals surface area contributed by atoms with Crippen molar-refractivity contribution < 1.29 is 14.7 Å². The highest BCUT2D eigenvalue weighted by Crippen LogP contribution is 2.40. The number of carboxylic acids is 1. The van der Waals surface area contributed by atoms with Crippen molar-refractivity contribution >= 4 is 11.9 Å². The maximum atomic E-state index is 12.6. The molecule has 0 unspecified atom stereocenters. The highest BCUT2D eigenvalue weighted by Gasteiger charge is 2.47. The number of fused-ring (bicyclic) bond motifs is 1. The Bertz CT molecular complexity index is 540. The number of nitrogens with zero attached hydrogens (tertiary/aromatic N) is 3. The Labute approximate surface area is 117 Å². The van der Waals surface area contributed by atoms with Gasteiger partial charge in [-0.15, -0.1) is 0 Å². The molecular formula is C14H19N3O3. The lowest BCUT2D eigenvalue weighted by molar-refractivity contribution is -0.141. The molecular weight excluding hydrogens is 258 g/mol. The smallest absolute Gasteiger partial charge is 0.326 e. The van der Waals surface area contributed by atoms with Crippen molar-refractivity contribution in [3.05, 3.63) is 18.0 Å². The molecule has 1 aromatic heterocycles. The third-order valence-electron chi connectivity index (χ3n) is 4.56. The molecule has 1 amide bonds. The molecule has 6 nitrogen and oxygen atoms in total. The molecule has 3 rings (SSSR count). The van der Waals surface area contributed by atoms with Crippen LogP contribution in [0.1, 0.15) is 42.5 Å². The van der Waals surface area contributed by atoms with Crippen molar-refractivity contribution in [3.63, 3.8) is 0 Å². The molecule has 108 valence electrons. The van der Waals surface area contributed by atoms with Crippen LogP contribution in [0.5, 0.6) is 0 Å². The van der Waals surface area contributed by atoms with E-state index in [9.17, 15) is 14.7 Å². The highest BCUT2D eigenvalue weighted by atomic mass is 16.4. The molecule has 2 fully saturated rings. The van der Waals surface area contributed by atoms with E-state index >= 15 is 0 Å². The summed E-state index contributed by atoms with van der Waals surface area (Å²) in [5, 5.41) is 13.4. The number of hydrogen-bond acceptors (Lipinski definition) is 3. The van der Waals surface area contributed by atoms with Gasteiger partial charge in [0.05, 0.1) is 11.8 Å². The topological polar surface area (TPSA) is 75.4 Å². The maximum Gasteiger partial charge on any atom is 0.326 e. The Morgan fingerprint density at radius 1 is 1.35 bits per heavy atom. The summed E-state index contributed by atoms with van der Waals surface area (Å²) in [4.78, 5) is 25.7. The van der Waals surface area contributed by atoms with Crippen LogP contribution >= 0.6 is 0 Å². The molecule has 20 heavy (non-hydrogen) atoms. The molecule has 1 saturated heterocycles. The van der Waals surface area contributed by atoms with E-state index in [2.05, 4.69) is 5.10 Å². The van der Waals surface area contributed by atoms with Crippen molar-refractivity contribution in [2.45, 2.75) is 44.2 Å². The molecule has 1 aromatic rings. The quantitative estimate of drug-likeness (QED) is 0.883. The van der Waals surface area contributed by atoms with Crippen LogP contribution in [0.2, 0.25) is 0 Å². The predicted octanol–water partition coefficient (Wildman–Crippen LogP) is 1.28. The van der Waals surface area contributed by atoms with E-state index in [1.165, 1.54) is 6.20 Å². The molecule has 3 atom stereocenters. The van der Waals surface area contributed by atoms with Gasteiger partial charge in [-0.3, -0.25) is 9.48 Å². The van der Waals surface area contributed by atoms with E-state index in [4.69, 9.17) is 0 Å². The van der Waals surface area contributed by atoms with E-state index < -0.39 is 12.0 Å². The Kier molecular flexibility index (Phi) is 3.23. The summed E-state index contributed by atoms with van der Waals surface area (Å²) < 4.78 is 1.57. The molecule has 0 bridgehead atoms. The van der Waals surface area contributed by atoms with Gasteiger partial charge < -0.3 is 10.0 Å². The predicted molar refractivity (Wildman–Crippen MR) is 71.2 cm³/mol. The van der Waals surface area contributed by atoms with Gasteiger partial charge in [-0.2, -0.15) is 5.10 Å². The lowest BCUT2D eigenvalue weighted by Crippen LogP contribution is -2.46. The van der Waals surface area contributed by atoms with Crippen LogP contribution < -0.4 is 0 Å². The van der Waals surface area contributed by atoms with Gasteiger partial charge in [0.15, 0.2) is 0 Å². The van der Waals surface area contributed by atoms with Crippen molar-refractivity contribution in [3.8, 4) is 0 Å². The van der Waals surface area contributed by atoms with Crippen LogP contribution in [0.4, 0.5) is 0 Å². The summed E-state index contributed by atoms with van der Waals surface area (Å²) in [6.07, 6.45) is 7.92. The molecule has 1 aliphatic heterocycles. The number of aryl methyl sites for hydroxylation is 1. The summed E-state index contributed by atoms with van der Waals surface area (Å²) in [7, 11) is 1.75. The molecule has 1 aliphatic carbocycles. The third-order valence-corrected chi connectivity index (χ3v) is 4.56. The van der Waals surface area contributed by atoms with E-state index in [-0.39, 0.29) is 11.9 Å². The number of carbonyl (C=O) groups is 2. The number of carbonyl (C=O) groups excluding carboxylic acids is 1. The van der Waals surface area contributed by atoms with Gasteiger partial charge in [0, 0.05) is 19.3 Å². The Morgan fingerprint density at radius 3 is 2.75 bits per heavy atom. The maximum absolute atomic E-state index is 12.6. The van der Waals surface area contributed by atoms with Gasteiger partial charge in [-0.05, 0) is 25.2 Å². The average molecular weight is 277 g/mol. The highest BCUT2D eigenvalue weighted by molar-refractivity contribution is 5.96. The number of aromatic nitrogens is 2. The summed E-state index contributed by atoms with van der Waals surface area (Å²) in [5.41, 5.74) is 0.477. The molecule has 0 spiro atoms. The minimum atomic E-state index is -0.892. The summed E-state index contributed by atoms with van der Waals surface area (Å²) in [5.74, 6) is -0.748. The number of aliphatic carboxylic acids is 1. The third kappa shape index (κ3) is 2.09. The fraction of sp³-hybridized carbons (Fsp3) is 0.643. The molecule has 6 heteroatoms. The SMILES string of the molecule is Cn1cc(C(=O)N2[C@H](C(=O)O)C[C@H]3CCCC[C@@H]32)cn1. The second kappa shape index (κ2) is 4.92. The lowest BCUT2D eigenvalue weighted by Gasteiger charge is -2.32. The van der Waals surface area contributed by atoms with Crippen LogP contribution in [0.25, 0.3) is 0 Å². The minimum absolute atomic E-state index is 0.0811. The fourth-order valence-corrected chi connectivity index (χ4v) is 3.65. The van der Waals surface area contributed by atoms with Crippen LogP contribution in [-0.2, 0) is 11.8 Å². The monoisotopic (exact) mass is 277 g/mol. The van der Waals surface area contributed by atoms with Crippen LogP contribution in [-0.4, -0.2) is 43.7 Å². The largest absolute Gasteiger partial charge is 0.480 e. The first kappa shape index (κ1) is 13.1. The Morgan fingerprint density at radius 2 is 2.10 bits per heavy atom. The lowest BCUT2D eigenvalue weighted by atomic mass is 9.84. The summed E-state index contributed by atoms with van der Waals surface area (Å²) >= 11 is 0. The Balaban J connectivity index is 1.90. The van der Waals surface area contributed by atoms with E-state index in [1.54, 1.807) is 22.8 Å². The van der Waals surface area contributed by atoms with Crippen molar-refractivity contribution in [1.82, 2.24) is 14.7 Å². The molecule has 0 aromatic carbocycles. The van der Waals surface area contributed by atoms with Gasteiger partial charge in [0.2, 0.25) is 0 Å². The number of likely N-dealkylation sites (tertiary alicyclic amines) is 1. The second-order valence-electron chi connectivity index (χ2n) is 5.82. The van der Waals surface area contributed by atoms with Crippen molar-refractivity contribution in [1.29, 1.82) is 0 Å².